The van der Waals surface area contributed by atoms with Gasteiger partial charge in [0.2, 0.25) is 0 Å². The van der Waals surface area contributed by atoms with E-state index >= 15 is 0 Å². The van der Waals surface area contributed by atoms with Crippen LogP contribution in [0, 0.1) is 18.8 Å². The van der Waals surface area contributed by atoms with E-state index in [4.69, 9.17) is 4.74 Å². The summed E-state index contributed by atoms with van der Waals surface area (Å²) in [4.78, 5) is 28.4. The fourth-order valence-electron chi connectivity index (χ4n) is 2.92. The lowest BCUT2D eigenvalue weighted by atomic mass is 10.1. The second kappa shape index (κ2) is 9.03. The number of ketones is 1. The first-order valence-corrected chi connectivity index (χ1v) is 9.38. The Kier molecular flexibility index (Phi) is 6.25. The monoisotopic (exact) mass is 387 g/mol. The number of pyridine rings is 1. The number of ether oxygens (including phenoxy) is 1. The fraction of sp³-hybridized carbons (Fsp3) is 0.208. The van der Waals surface area contributed by atoms with Gasteiger partial charge in [-0.15, -0.1) is 0 Å². The Morgan fingerprint density at radius 3 is 2.62 bits per heavy atom. The Morgan fingerprint density at radius 2 is 1.86 bits per heavy atom. The molecule has 5 nitrogen and oxygen atoms in total. The van der Waals surface area contributed by atoms with Gasteiger partial charge < -0.3 is 9.84 Å². The topological polar surface area (TPSA) is 76.5 Å². The Bertz CT molecular complexity index is 1140. The summed E-state index contributed by atoms with van der Waals surface area (Å²) >= 11 is 0. The first kappa shape index (κ1) is 20.1. The van der Waals surface area contributed by atoms with Crippen LogP contribution < -0.4 is 0 Å². The highest BCUT2D eigenvalue weighted by molar-refractivity contribution is 6.01. The van der Waals surface area contributed by atoms with E-state index in [-0.39, 0.29) is 30.9 Å². The molecule has 0 saturated carbocycles. The highest BCUT2D eigenvalue weighted by Gasteiger charge is 2.17. The number of aromatic hydroxyl groups is 1. The van der Waals surface area contributed by atoms with Crippen LogP contribution in [-0.4, -0.2) is 28.4 Å². The van der Waals surface area contributed by atoms with E-state index in [9.17, 15) is 14.7 Å². The molecule has 0 aliphatic carbocycles. The van der Waals surface area contributed by atoms with Crippen LogP contribution in [-0.2, 0) is 9.53 Å². The number of hydrogen-bond acceptors (Lipinski definition) is 5. The second-order valence-corrected chi connectivity index (χ2v) is 6.58. The lowest BCUT2D eigenvalue weighted by Gasteiger charge is -2.07. The van der Waals surface area contributed by atoms with Crippen LogP contribution in [0.5, 0.6) is 5.75 Å². The Labute approximate surface area is 169 Å². The molecule has 0 spiro atoms. The molecule has 5 heteroatoms. The van der Waals surface area contributed by atoms with E-state index in [1.54, 1.807) is 13.0 Å². The number of Topliss-reactive ketones (excluding diaryl/α,β-unsaturated/α-hetero) is 1. The van der Waals surface area contributed by atoms with Crippen LogP contribution >= 0.6 is 0 Å². The zero-order valence-electron chi connectivity index (χ0n) is 16.4. The van der Waals surface area contributed by atoms with Crippen LogP contribution in [0.25, 0.3) is 10.9 Å². The maximum atomic E-state index is 12.5. The van der Waals surface area contributed by atoms with E-state index in [1.807, 2.05) is 43.3 Å². The first-order valence-electron chi connectivity index (χ1n) is 9.38. The fourth-order valence-corrected chi connectivity index (χ4v) is 2.92. The van der Waals surface area contributed by atoms with Gasteiger partial charge >= 0.3 is 5.97 Å². The van der Waals surface area contributed by atoms with Crippen molar-refractivity contribution in [3.63, 3.8) is 0 Å². The van der Waals surface area contributed by atoms with Crippen molar-refractivity contribution in [2.75, 3.05) is 6.61 Å². The minimum Gasteiger partial charge on any atom is -0.506 e. The summed E-state index contributed by atoms with van der Waals surface area (Å²) in [5, 5.41) is 10.9. The zero-order valence-corrected chi connectivity index (χ0v) is 16.4. The third kappa shape index (κ3) is 4.99. The van der Waals surface area contributed by atoms with Gasteiger partial charge in [0, 0.05) is 17.4 Å². The molecule has 3 aromatic rings. The quantitative estimate of drug-likeness (QED) is 0.404. The standard InChI is InChI=1S/C24H21NO4/c1-3-29-22(28)13-12-20(26)24-21(27)15-19-9-5-8-18(23(19)25-24)11-10-17-7-4-6-16(2)14-17/h4-9,14-15,27H,3,12-13H2,1-2H3. The predicted molar refractivity (Wildman–Crippen MR) is 111 cm³/mol. The SMILES string of the molecule is CCOC(=O)CCC(=O)c1nc2c(C#Cc3cccc(C)c3)cccc2cc1O. The zero-order chi connectivity index (χ0) is 20.8. The number of aromatic nitrogens is 1. The van der Waals surface area contributed by atoms with Gasteiger partial charge in [0.1, 0.15) is 11.4 Å². The van der Waals surface area contributed by atoms with Gasteiger partial charge in [0.15, 0.2) is 5.78 Å². The molecule has 0 amide bonds. The van der Waals surface area contributed by atoms with E-state index in [1.165, 1.54) is 6.07 Å². The minimum atomic E-state index is -0.453. The molecule has 0 bridgehead atoms. The summed E-state index contributed by atoms with van der Waals surface area (Å²) < 4.78 is 4.84. The van der Waals surface area contributed by atoms with Crippen molar-refractivity contribution in [3.05, 3.63) is 70.9 Å². The molecule has 0 aliphatic rings. The molecule has 0 saturated heterocycles. The van der Waals surface area contributed by atoms with Gasteiger partial charge in [-0.1, -0.05) is 36.1 Å². The molecule has 0 radical (unpaired) electrons. The van der Waals surface area contributed by atoms with Crippen molar-refractivity contribution in [2.24, 2.45) is 0 Å². The van der Waals surface area contributed by atoms with Crippen molar-refractivity contribution in [3.8, 4) is 17.6 Å². The summed E-state index contributed by atoms with van der Waals surface area (Å²) in [6, 6.07) is 14.8. The predicted octanol–water partition coefficient (Wildman–Crippen LogP) is 4.17. The van der Waals surface area contributed by atoms with Gasteiger partial charge in [0.25, 0.3) is 0 Å². The van der Waals surface area contributed by atoms with Crippen molar-refractivity contribution < 1.29 is 19.4 Å². The lowest BCUT2D eigenvalue weighted by molar-refractivity contribution is -0.143. The number of benzene rings is 2. The summed E-state index contributed by atoms with van der Waals surface area (Å²) in [5.41, 5.74) is 3.12. The minimum absolute atomic E-state index is 0.0549. The maximum Gasteiger partial charge on any atom is 0.306 e. The Hall–Kier alpha value is -3.65. The molecular formula is C24H21NO4. The van der Waals surface area contributed by atoms with E-state index < -0.39 is 11.8 Å². The van der Waals surface area contributed by atoms with Gasteiger partial charge in [0.05, 0.1) is 24.1 Å². The Balaban J connectivity index is 1.94. The number of carbonyl (C=O) groups excluding carboxylic acids is 2. The van der Waals surface area contributed by atoms with Crippen LogP contribution in [0.2, 0.25) is 0 Å². The average Bonchev–Trinajstić information content (AvgIpc) is 2.70. The first-order chi connectivity index (χ1) is 14.0. The molecule has 2 aromatic carbocycles. The molecular weight excluding hydrogens is 366 g/mol. The van der Waals surface area contributed by atoms with Gasteiger partial charge in [-0.3, -0.25) is 9.59 Å². The maximum absolute atomic E-state index is 12.5. The summed E-state index contributed by atoms with van der Waals surface area (Å²) in [7, 11) is 0. The number of hydrogen-bond donors (Lipinski definition) is 1. The van der Waals surface area contributed by atoms with Crippen molar-refractivity contribution in [1.29, 1.82) is 0 Å². The van der Waals surface area contributed by atoms with E-state index in [0.717, 1.165) is 11.1 Å². The normalized spacial score (nSPS) is 10.3. The summed E-state index contributed by atoms with van der Waals surface area (Å²) in [5.74, 6) is 5.13. The third-order valence-corrected chi connectivity index (χ3v) is 4.31. The number of para-hydroxylation sites is 1. The molecule has 0 aliphatic heterocycles. The van der Waals surface area contributed by atoms with E-state index in [2.05, 4.69) is 16.8 Å². The van der Waals surface area contributed by atoms with Crippen molar-refractivity contribution >= 4 is 22.7 Å². The van der Waals surface area contributed by atoms with E-state index in [0.29, 0.717) is 16.5 Å². The van der Waals surface area contributed by atoms with Crippen molar-refractivity contribution in [2.45, 2.75) is 26.7 Å². The number of esters is 1. The van der Waals surface area contributed by atoms with Crippen LogP contribution in [0.4, 0.5) is 0 Å². The smallest absolute Gasteiger partial charge is 0.306 e. The molecule has 0 atom stereocenters. The molecule has 1 N–H and O–H groups in total. The third-order valence-electron chi connectivity index (χ3n) is 4.31. The molecule has 1 heterocycles. The number of rotatable bonds is 5. The van der Waals surface area contributed by atoms with Crippen LogP contribution in [0.15, 0.2) is 48.5 Å². The van der Waals surface area contributed by atoms with Crippen LogP contribution in [0.1, 0.15) is 46.9 Å². The highest BCUT2D eigenvalue weighted by Crippen LogP contribution is 2.25. The molecule has 0 fully saturated rings. The average molecular weight is 387 g/mol. The van der Waals surface area contributed by atoms with Crippen molar-refractivity contribution in [1.82, 2.24) is 4.98 Å². The molecule has 1 aromatic heterocycles. The number of carbonyl (C=O) groups is 2. The molecule has 29 heavy (non-hydrogen) atoms. The largest absolute Gasteiger partial charge is 0.506 e. The highest BCUT2D eigenvalue weighted by atomic mass is 16.5. The number of aryl methyl sites for hydroxylation is 1. The Morgan fingerprint density at radius 1 is 1.07 bits per heavy atom. The van der Waals surface area contributed by atoms with Gasteiger partial charge in [-0.2, -0.15) is 0 Å². The van der Waals surface area contributed by atoms with Gasteiger partial charge in [-0.25, -0.2) is 4.98 Å². The molecule has 3 rings (SSSR count). The molecule has 0 unspecified atom stereocenters. The number of fused-ring (bicyclic) bond motifs is 1. The summed E-state index contributed by atoms with van der Waals surface area (Å²) in [6.45, 7) is 3.97. The second-order valence-electron chi connectivity index (χ2n) is 6.58. The lowest BCUT2D eigenvalue weighted by Crippen LogP contribution is -2.09. The van der Waals surface area contributed by atoms with Crippen LogP contribution in [0.3, 0.4) is 0 Å². The summed E-state index contributed by atoms with van der Waals surface area (Å²) in [6.07, 6.45) is -0.136. The molecule has 146 valence electrons. The number of nitrogens with zero attached hydrogens (tertiary/aromatic N) is 1. The van der Waals surface area contributed by atoms with Gasteiger partial charge in [-0.05, 0) is 43.7 Å².